The molecule has 0 N–H and O–H groups in total. The summed E-state index contributed by atoms with van der Waals surface area (Å²) in [6.07, 6.45) is 3.02. The SMILES string of the molecule is CCCOc1ccc(C(=O)c2c(S(C)=O)cc3n2CCC3C(=O)OC)cc1. The molecule has 2 unspecified atom stereocenters. The number of ketones is 1. The molecule has 1 aliphatic rings. The van der Waals surface area contributed by atoms with Gasteiger partial charge in [-0.25, -0.2) is 0 Å². The molecule has 1 aromatic heterocycles. The molecule has 0 bridgehead atoms. The van der Waals surface area contributed by atoms with Crippen LogP contribution >= 0.6 is 0 Å². The second kappa shape index (κ2) is 8.08. The summed E-state index contributed by atoms with van der Waals surface area (Å²) in [6, 6.07) is 8.65. The number of benzene rings is 1. The van der Waals surface area contributed by atoms with Gasteiger partial charge in [0.15, 0.2) is 0 Å². The highest BCUT2D eigenvalue weighted by Crippen LogP contribution is 2.35. The van der Waals surface area contributed by atoms with Gasteiger partial charge < -0.3 is 14.0 Å². The van der Waals surface area contributed by atoms with E-state index in [0.29, 0.717) is 47.2 Å². The van der Waals surface area contributed by atoms with E-state index in [-0.39, 0.29) is 11.8 Å². The van der Waals surface area contributed by atoms with Crippen molar-refractivity contribution in [2.24, 2.45) is 0 Å². The topological polar surface area (TPSA) is 74.6 Å². The molecule has 0 saturated heterocycles. The van der Waals surface area contributed by atoms with Crippen molar-refractivity contribution in [3.63, 3.8) is 0 Å². The van der Waals surface area contributed by atoms with E-state index < -0.39 is 16.7 Å². The highest BCUT2D eigenvalue weighted by molar-refractivity contribution is 7.84. The maximum atomic E-state index is 13.2. The van der Waals surface area contributed by atoms with Gasteiger partial charge in [-0.3, -0.25) is 13.8 Å². The van der Waals surface area contributed by atoms with Crippen LogP contribution in [0, 0.1) is 0 Å². The van der Waals surface area contributed by atoms with Gasteiger partial charge in [-0.1, -0.05) is 6.92 Å². The van der Waals surface area contributed by atoms with E-state index in [1.165, 1.54) is 13.4 Å². The van der Waals surface area contributed by atoms with E-state index in [0.717, 1.165) is 6.42 Å². The standard InChI is InChI=1S/C20H23NO5S/c1-4-11-26-14-7-5-13(6-8-14)19(22)18-17(27(3)24)12-16-15(20(23)25-2)9-10-21(16)18/h5-8,12,15H,4,9-11H2,1-3H3. The number of fused-ring (bicyclic) bond motifs is 1. The first-order valence-corrected chi connectivity index (χ1v) is 10.5. The Hall–Kier alpha value is -2.41. The summed E-state index contributed by atoms with van der Waals surface area (Å²) in [6.45, 7) is 3.16. The minimum atomic E-state index is -1.35. The Morgan fingerprint density at radius 3 is 2.56 bits per heavy atom. The molecule has 1 aromatic carbocycles. The molecule has 7 heteroatoms. The van der Waals surface area contributed by atoms with Gasteiger partial charge in [-0.2, -0.15) is 0 Å². The van der Waals surface area contributed by atoms with Crippen LogP contribution in [0.1, 0.15) is 47.4 Å². The Labute approximate surface area is 160 Å². The number of methoxy groups -OCH3 is 1. The Morgan fingerprint density at radius 2 is 1.96 bits per heavy atom. The summed E-state index contributed by atoms with van der Waals surface area (Å²) in [5.74, 6) is -0.266. The Morgan fingerprint density at radius 1 is 1.26 bits per heavy atom. The van der Waals surface area contributed by atoms with Gasteiger partial charge in [0.05, 0.1) is 35.3 Å². The maximum Gasteiger partial charge on any atom is 0.314 e. The lowest BCUT2D eigenvalue weighted by Crippen LogP contribution is -2.12. The summed E-state index contributed by atoms with van der Waals surface area (Å²) in [5.41, 5.74) is 1.57. The Bertz CT molecular complexity index is 885. The van der Waals surface area contributed by atoms with Crippen LogP contribution in [0.2, 0.25) is 0 Å². The number of carbonyl (C=O) groups excluding carboxylic acids is 2. The first-order valence-electron chi connectivity index (χ1n) is 8.90. The Balaban J connectivity index is 1.97. The average molecular weight is 389 g/mol. The van der Waals surface area contributed by atoms with Crippen LogP contribution in [-0.4, -0.2) is 40.5 Å². The van der Waals surface area contributed by atoms with Crippen LogP contribution in [0.5, 0.6) is 5.75 Å². The van der Waals surface area contributed by atoms with E-state index in [4.69, 9.17) is 9.47 Å². The number of esters is 1. The average Bonchev–Trinajstić information content (AvgIpc) is 3.24. The molecule has 2 atom stereocenters. The van der Waals surface area contributed by atoms with Gasteiger partial charge in [0.25, 0.3) is 0 Å². The summed E-state index contributed by atoms with van der Waals surface area (Å²) in [4.78, 5) is 25.6. The van der Waals surface area contributed by atoms with Gasteiger partial charge in [-0.15, -0.1) is 0 Å². The zero-order valence-electron chi connectivity index (χ0n) is 15.7. The minimum absolute atomic E-state index is 0.209. The van der Waals surface area contributed by atoms with Crippen LogP contribution in [0.15, 0.2) is 35.2 Å². The highest BCUT2D eigenvalue weighted by Gasteiger charge is 2.35. The normalized spacial score (nSPS) is 16.6. The maximum absolute atomic E-state index is 13.2. The minimum Gasteiger partial charge on any atom is -0.494 e. The van der Waals surface area contributed by atoms with Crippen molar-refractivity contribution in [3.05, 3.63) is 47.3 Å². The molecule has 2 heterocycles. The second-order valence-electron chi connectivity index (χ2n) is 6.45. The molecular formula is C20H23NO5S. The van der Waals surface area contributed by atoms with Crippen LogP contribution in [0.3, 0.4) is 0 Å². The summed E-state index contributed by atoms with van der Waals surface area (Å²) in [7, 11) is -0.00104. The predicted octanol–water partition coefficient (Wildman–Crippen LogP) is 2.91. The van der Waals surface area contributed by atoms with Crippen molar-refractivity contribution in [1.29, 1.82) is 0 Å². The van der Waals surface area contributed by atoms with Gasteiger partial charge in [0.2, 0.25) is 5.78 Å². The van der Waals surface area contributed by atoms with Crippen LogP contribution in [0.4, 0.5) is 0 Å². The van der Waals surface area contributed by atoms with E-state index in [9.17, 15) is 13.8 Å². The monoisotopic (exact) mass is 389 g/mol. The third kappa shape index (κ3) is 3.69. The zero-order valence-corrected chi connectivity index (χ0v) is 16.5. The van der Waals surface area contributed by atoms with Crippen molar-refractivity contribution in [2.75, 3.05) is 20.0 Å². The van der Waals surface area contributed by atoms with Gasteiger partial charge in [0, 0.05) is 24.1 Å². The first-order chi connectivity index (χ1) is 13.0. The smallest absolute Gasteiger partial charge is 0.314 e. The number of carbonyl (C=O) groups is 2. The Kier molecular flexibility index (Phi) is 5.79. The van der Waals surface area contributed by atoms with Crippen LogP contribution < -0.4 is 4.74 Å². The lowest BCUT2D eigenvalue weighted by atomic mass is 10.1. The molecule has 0 spiro atoms. The summed E-state index contributed by atoms with van der Waals surface area (Å²) < 4.78 is 24.5. The fraction of sp³-hybridized carbons (Fsp3) is 0.400. The number of rotatable bonds is 7. The van der Waals surface area contributed by atoms with Crippen molar-refractivity contribution < 1.29 is 23.3 Å². The van der Waals surface area contributed by atoms with E-state index in [1.807, 2.05) is 11.5 Å². The van der Waals surface area contributed by atoms with E-state index in [1.54, 1.807) is 30.3 Å². The fourth-order valence-corrected chi connectivity index (χ4v) is 4.13. The zero-order chi connectivity index (χ0) is 19.6. The second-order valence-corrected chi connectivity index (χ2v) is 7.80. The molecule has 27 heavy (non-hydrogen) atoms. The van der Waals surface area contributed by atoms with Gasteiger partial charge in [-0.05, 0) is 43.2 Å². The lowest BCUT2D eigenvalue weighted by molar-refractivity contribution is -0.142. The van der Waals surface area contributed by atoms with Gasteiger partial charge >= 0.3 is 5.97 Å². The third-order valence-corrected chi connectivity index (χ3v) is 5.62. The molecule has 0 fully saturated rings. The quantitative estimate of drug-likeness (QED) is 0.538. The van der Waals surface area contributed by atoms with E-state index >= 15 is 0 Å². The molecule has 0 amide bonds. The summed E-state index contributed by atoms with van der Waals surface area (Å²) in [5, 5.41) is 0. The van der Waals surface area contributed by atoms with E-state index in [2.05, 4.69) is 0 Å². The van der Waals surface area contributed by atoms with Crippen molar-refractivity contribution in [3.8, 4) is 5.75 Å². The van der Waals surface area contributed by atoms with Crippen molar-refractivity contribution in [1.82, 2.24) is 4.57 Å². The molecule has 3 rings (SSSR count). The van der Waals surface area contributed by atoms with Crippen molar-refractivity contribution in [2.45, 2.75) is 37.1 Å². The molecular weight excluding hydrogens is 366 g/mol. The lowest BCUT2D eigenvalue weighted by Gasteiger charge is -2.09. The fourth-order valence-electron chi connectivity index (χ4n) is 3.37. The molecule has 144 valence electrons. The largest absolute Gasteiger partial charge is 0.494 e. The molecule has 1 aliphatic heterocycles. The number of ether oxygens (including phenoxy) is 2. The number of hydrogen-bond acceptors (Lipinski definition) is 5. The molecule has 0 radical (unpaired) electrons. The highest BCUT2D eigenvalue weighted by atomic mass is 32.2. The summed E-state index contributed by atoms with van der Waals surface area (Å²) >= 11 is 0. The number of nitrogens with zero attached hydrogens (tertiary/aromatic N) is 1. The molecule has 2 aromatic rings. The number of hydrogen-bond donors (Lipinski definition) is 0. The van der Waals surface area contributed by atoms with Crippen molar-refractivity contribution >= 4 is 22.6 Å². The van der Waals surface area contributed by atoms with Crippen LogP contribution in [0.25, 0.3) is 0 Å². The third-order valence-electron chi connectivity index (χ3n) is 4.69. The molecule has 0 aliphatic carbocycles. The predicted molar refractivity (Wildman–Crippen MR) is 102 cm³/mol. The number of aromatic nitrogens is 1. The molecule has 0 saturated carbocycles. The van der Waals surface area contributed by atoms with Crippen LogP contribution in [-0.2, 0) is 26.9 Å². The first kappa shape index (κ1) is 19.4. The molecule has 6 nitrogen and oxygen atoms in total. The van der Waals surface area contributed by atoms with Gasteiger partial charge in [0.1, 0.15) is 11.4 Å².